The Hall–Kier alpha value is -1.71. The van der Waals surface area contributed by atoms with Crippen LogP contribution in [0.4, 0.5) is 0 Å². The van der Waals surface area contributed by atoms with Gasteiger partial charge in [-0.3, -0.25) is 19.3 Å². The van der Waals surface area contributed by atoms with Crippen LogP contribution in [0.3, 0.4) is 0 Å². The predicted octanol–water partition coefficient (Wildman–Crippen LogP) is 2.19. The number of cyclic esters (lactones) is 1. The Labute approximate surface area is 308 Å². The van der Waals surface area contributed by atoms with E-state index < -0.39 is 41.4 Å². The van der Waals surface area contributed by atoms with Crippen LogP contribution >= 0.6 is 0 Å². The van der Waals surface area contributed by atoms with Crippen LogP contribution in [0.15, 0.2) is 0 Å². The average molecular weight is 726 g/mol. The number of aliphatic hydroxyl groups is 1. The molecule has 9 atom stereocenters. The highest BCUT2D eigenvalue weighted by Crippen LogP contribution is 2.38. The summed E-state index contributed by atoms with van der Waals surface area (Å²) < 4.78 is 24.9. The first-order valence-corrected chi connectivity index (χ1v) is 19.1. The van der Waals surface area contributed by atoms with Gasteiger partial charge in [0.15, 0.2) is 12.1 Å². The number of methoxy groups -OCH3 is 1. The number of piperazine rings is 1. The fraction of sp³-hybridized carbons (Fsp3) is 0.921. The van der Waals surface area contributed by atoms with Gasteiger partial charge >= 0.3 is 5.97 Å². The van der Waals surface area contributed by atoms with Gasteiger partial charge in [-0.15, -0.1) is 0 Å². The second kappa shape index (κ2) is 19.1. The Morgan fingerprint density at radius 1 is 0.980 bits per heavy atom. The minimum absolute atomic E-state index is 0.0240. The SMILES string of the molecule is CO[C@]1(C)C[C@@H](C)CN(C)CCC(N(C)C(=O)CN2CCN(C)CC2)CCCOC(=O)C(C)(C)C(=O)[C@H](C)[C@H]1O[C@@H]1O[C@H](C)C[C@H](N(C)C)[C@H]1O. The summed E-state index contributed by atoms with van der Waals surface area (Å²) in [5.74, 6) is -1.49. The van der Waals surface area contributed by atoms with Crippen LogP contribution in [-0.2, 0) is 33.3 Å². The Morgan fingerprint density at radius 2 is 1.63 bits per heavy atom. The summed E-state index contributed by atoms with van der Waals surface area (Å²) in [6.45, 7) is 16.8. The summed E-state index contributed by atoms with van der Waals surface area (Å²) in [5, 5.41) is 11.4. The van der Waals surface area contributed by atoms with Crippen molar-refractivity contribution < 1.29 is 38.4 Å². The first kappa shape index (κ1) is 43.7. The van der Waals surface area contributed by atoms with Crippen molar-refractivity contribution in [1.29, 1.82) is 0 Å². The van der Waals surface area contributed by atoms with Gasteiger partial charge in [-0.2, -0.15) is 0 Å². The van der Waals surface area contributed by atoms with Gasteiger partial charge < -0.3 is 43.7 Å². The average Bonchev–Trinajstić information content (AvgIpc) is 3.07. The molecule has 3 heterocycles. The van der Waals surface area contributed by atoms with E-state index in [2.05, 4.69) is 35.7 Å². The van der Waals surface area contributed by atoms with Gasteiger partial charge in [-0.1, -0.05) is 13.8 Å². The third kappa shape index (κ3) is 11.6. The molecule has 0 bridgehead atoms. The van der Waals surface area contributed by atoms with Gasteiger partial charge in [0.25, 0.3) is 0 Å². The normalized spacial score (nSPS) is 36.4. The van der Waals surface area contributed by atoms with Gasteiger partial charge in [0.05, 0.1) is 31.0 Å². The van der Waals surface area contributed by atoms with Gasteiger partial charge in [0, 0.05) is 64.9 Å². The molecule has 3 rings (SSSR count). The standard InChI is InChI=1S/C38H71N5O8/c1-26-23-38(6,48-12)34(51-35-32(45)30(39(7)8)22-27(2)50-35)28(3)33(46)37(4,5)36(47)49-21-13-14-29(15-16-41(10)24-26)42(11)31(44)25-43-19-17-40(9)18-20-43/h26-30,32,34-35,45H,13-25H2,1-12H3/t26-,27-,28+,29?,30+,32-,34-,35+,38-/m1/s1. The van der Waals surface area contributed by atoms with Crippen molar-refractivity contribution in [3.8, 4) is 0 Å². The van der Waals surface area contributed by atoms with Crippen molar-refractivity contribution in [3.05, 3.63) is 0 Å². The molecule has 1 amide bonds. The lowest BCUT2D eigenvalue weighted by atomic mass is 9.74. The highest BCUT2D eigenvalue weighted by atomic mass is 16.7. The zero-order chi connectivity index (χ0) is 38.3. The molecule has 0 saturated carbocycles. The molecule has 51 heavy (non-hydrogen) atoms. The number of carbonyl (C=O) groups excluding carboxylic acids is 3. The quantitative estimate of drug-likeness (QED) is 0.306. The van der Waals surface area contributed by atoms with E-state index in [0.29, 0.717) is 32.2 Å². The van der Waals surface area contributed by atoms with Crippen LogP contribution in [0.25, 0.3) is 0 Å². The predicted molar refractivity (Wildman–Crippen MR) is 197 cm³/mol. The first-order chi connectivity index (χ1) is 23.8. The second-order valence-electron chi connectivity index (χ2n) is 16.8. The third-order valence-corrected chi connectivity index (χ3v) is 11.7. The van der Waals surface area contributed by atoms with E-state index in [9.17, 15) is 19.5 Å². The van der Waals surface area contributed by atoms with Crippen LogP contribution in [0, 0.1) is 17.3 Å². The Kier molecular flexibility index (Phi) is 16.3. The number of likely N-dealkylation sites (N-methyl/N-ethyl adjacent to an activating group) is 3. The molecule has 0 aromatic heterocycles. The molecule has 3 fully saturated rings. The number of carbonyl (C=O) groups is 3. The number of hydrogen-bond donors (Lipinski definition) is 1. The Bertz CT molecular complexity index is 1130. The molecule has 0 aromatic carbocycles. The molecule has 0 aliphatic carbocycles. The molecule has 296 valence electrons. The molecule has 0 aromatic rings. The summed E-state index contributed by atoms with van der Waals surface area (Å²) in [4.78, 5) is 52.0. The smallest absolute Gasteiger partial charge is 0.319 e. The van der Waals surface area contributed by atoms with E-state index in [0.717, 1.165) is 45.7 Å². The molecule has 1 N–H and O–H groups in total. The first-order valence-electron chi connectivity index (χ1n) is 19.1. The van der Waals surface area contributed by atoms with Crippen molar-refractivity contribution in [1.82, 2.24) is 24.5 Å². The molecule has 1 unspecified atom stereocenters. The fourth-order valence-electron chi connectivity index (χ4n) is 8.17. The minimum atomic E-state index is -1.46. The van der Waals surface area contributed by atoms with Crippen LogP contribution in [-0.4, -0.2) is 184 Å². The summed E-state index contributed by atoms with van der Waals surface area (Å²) in [6, 6.07) is -0.221. The van der Waals surface area contributed by atoms with Gasteiger partial charge in [0.2, 0.25) is 5.91 Å². The van der Waals surface area contributed by atoms with E-state index in [4.69, 9.17) is 18.9 Å². The lowest BCUT2D eigenvalue weighted by Crippen LogP contribution is -2.59. The summed E-state index contributed by atoms with van der Waals surface area (Å²) in [6.07, 6.45) is 0.237. The van der Waals surface area contributed by atoms with Gasteiger partial charge in [0.1, 0.15) is 11.5 Å². The number of Topliss-reactive ketones (excluding diaryl/α,β-unsaturated/α-hetero) is 1. The molecule has 13 heteroatoms. The van der Waals surface area contributed by atoms with E-state index in [-0.39, 0.29) is 42.4 Å². The van der Waals surface area contributed by atoms with Crippen LogP contribution < -0.4 is 0 Å². The number of hydrogen-bond acceptors (Lipinski definition) is 12. The van der Waals surface area contributed by atoms with E-state index >= 15 is 0 Å². The van der Waals surface area contributed by atoms with Gasteiger partial charge in [-0.05, 0) is 100 Å². The lowest BCUT2D eigenvalue weighted by Gasteiger charge is -2.47. The monoisotopic (exact) mass is 726 g/mol. The number of ether oxygens (including phenoxy) is 4. The van der Waals surface area contributed by atoms with E-state index in [1.807, 2.05) is 44.8 Å². The summed E-state index contributed by atoms with van der Waals surface area (Å²) in [7, 11) is 11.5. The summed E-state index contributed by atoms with van der Waals surface area (Å²) in [5.41, 5.74) is -2.44. The molecule has 0 radical (unpaired) electrons. The van der Waals surface area contributed by atoms with Crippen LogP contribution in [0.5, 0.6) is 0 Å². The molecule has 3 aliphatic rings. The Balaban J connectivity index is 1.87. The third-order valence-electron chi connectivity index (χ3n) is 11.7. The van der Waals surface area contributed by atoms with Gasteiger partial charge in [-0.25, -0.2) is 0 Å². The molecule has 13 nitrogen and oxygen atoms in total. The molecular formula is C38H71N5O8. The number of rotatable bonds is 7. The van der Waals surface area contributed by atoms with Crippen molar-refractivity contribution in [2.45, 2.75) is 116 Å². The number of amides is 1. The molecule has 0 spiro atoms. The van der Waals surface area contributed by atoms with Crippen LogP contribution in [0.2, 0.25) is 0 Å². The number of aliphatic hydroxyl groups excluding tert-OH is 1. The zero-order valence-corrected chi connectivity index (χ0v) is 33.9. The number of nitrogens with zero attached hydrogens (tertiary/aromatic N) is 5. The zero-order valence-electron chi connectivity index (χ0n) is 33.9. The van der Waals surface area contributed by atoms with Crippen LogP contribution in [0.1, 0.15) is 73.6 Å². The maximum Gasteiger partial charge on any atom is 0.319 e. The Morgan fingerprint density at radius 3 is 2.24 bits per heavy atom. The van der Waals surface area contributed by atoms with E-state index in [1.54, 1.807) is 27.9 Å². The summed E-state index contributed by atoms with van der Waals surface area (Å²) >= 11 is 0. The van der Waals surface area contributed by atoms with Crippen molar-refractivity contribution in [2.75, 3.05) is 94.8 Å². The number of esters is 1. The molecule has 3 aliphatic heterocycles. The topological polar surface area (TPSA) is 125 Å². The van der Waals surface area contributed by atoms with E-state index in [1.165, 1.54) is 0 Å². The largest absolute Gasteiger partial charge is 0.465 e. The lowest BCUT2D eigenvalue weighted by molar-refractivity contribution is -0.295. The fourth-order valence-corrected chi connectivity index (χ4v) is 8.17. The minimum Gasteiger partial charge on any atom is -0.465 e. The molecular weight excluding hydrogens is 654 g/mol. The molecule has 3 saturated heterocycles. The maximum atomic E-state index is 14.3. The second-order valence-corrected chi connectivity index (χ2v) is 16.8. The highest BCUT2D eigenvalue weighted by molar-refractivity contribution is 6.04. The van der Waals surface area contributed by atoms with Crippen molar-refractivity contribution in [2.24, 2.45) is 17.3 Å². The highest BCUT2D eigenvalue weighted by Gasteiger charge is 2.51. The van der Waals surface area contributed by atoms with Crippen molar-refractivity contribution >= 4 is 17.7 Å². The number of ketones is 1. The van der Waals surface area contributed by atoms with Crippen molar-refractivity contribution in [3.63, 3.8) is 0 Å². The maximum absolute atomic E-state index is 14.3.